The number of aromatic nitrogens is 3. The molecule has 0 bridgehead atoms. The van der Waals surface area contributed by atoms with Crippen molar-refractivity contribution in [3.8, 4) is 10.8 Å². The Labute approximate surface area is 396 Å². The number of amides is 7. The topological polar surface area (TPSA) is 218 Å². The number of rotatable bonds is 17. The Balaban J connectivity index is 0.710. The molecule has 4 aliphatic heterocycles. The number of fused-ring (bicyclic) bond motifs is 4. The molecule has 352 valence electrons. The van der Waals surface area contributed by atoms with Crippen molar-refractivity contribution in [1.82, 2.24) is 45.4 Å². The molecule has 1 unspecified atom stereocenters. The van der Waals surface area contributed by atoms with Crippen LogP contribution < -0.4 is 20.7 Å². The summed E-state index contributed by atoms with van der Waals surface area (Å²) < 4.78 is 7.69. The number of nitrogens with one attached hydrogen (secondary N) is 3. The van der Waals surface area contributed by atoms with Gasteiger partial charge >= 0.3 is 0 Å². The van der Waals surface area contributed by atoms with Gasteiger partial charge in [-0.15, -0.1) is 21.5 Å². The van der Waals surface area contributed by atoms with Crippen LogP contribution in [0.5, 0.6) is 5.75 Å². The molecule has 0 aliphatic carbocycles. The molecule has 0 radical (unpaired) electrons. The van der Waals surface area contributed by atoms with Crippen LogP contribution in [0.15, 0.2) is 47.5 Å². The van der Waals surface area contributed by atoms with Gasteiger partial charge in [0.15, 0.2) is 12.4 Å². The van der Waals surface area contributed by atoms with Gasteiger partial charge in [-0.2, -0.15) is 0 Å². The predicted octanol–water partition coefficient (Wildman–Crippen LogP) is 4.00. The number of aliphatic imine (C=N–C) groups is 1. The Hall–Kier alpha value is -6.31. The standard InChI is InChI=1S/C47H53ClN10O8S/c1-27-28(2)67-47-40(27)42(30-12-14-31(48)15-13-30)51-33(43-54-53-29(3)57(43)47)25-37(60)49-19-8-20-55-21-23-56(24-22-55)39(62)11-5-4-6-18-50-38(61)26-66-35-10-7-9-32-41(35)46(65)58(45(32)64)34-16-17-36(59)52-44(34)63/h7,9-10,12-15,33-34H,4-6,8,11,16-26H2,1-3H3,(H,49,60)(H,50,61)(H,52,59,63)/t33-,34?/m0/s1. The van der Waals surface area contributed by atoms with E-state index in [1.165, 1.54) is 23.1 Å². The van der Waals surface area contributed by atoms with Crippen LogP contribution in [-0.4, -0.2) is 135 Å². The van der Waals surface area contributed by atoms with E-state index in [1.54, 1.807) is 11.3 Å². The fourth-order valence-electron chi connectivity index (χ4n) is 8.89. The van der Waals surface area contributed by atoms with E-state index in [1.807, 2.05) is 40.7 Å². The highest BCUT2D eigenvalue weighted by Crippen LogP contribution is 2.40. The largest absolute Gasteiger partial charge is 0.483 e. The molecule has 4 aliphatic rings. The molecule has 2 saturated heterocycles. The molecular weight excluding hydrogens is 900 g/mol. The minimum atomic E-state index is -1.11. The number of aryl methyl sites for hydroxylation is 2. The molecule has 8 rings (SSSR count). The van der Waals surface area contributed by atoms with E-state index in [4.69, 9.17) is 21.3 Å². The molecule has 3 N–H and O–H groups in total. The monoisotopic (exact) mass is 952 g/mol. The van der Waals surface area contributed by atoms with Crippen LogP contribution in [0, 0.1) is 20.8 Å². The van der Waals surface area contributed by atoms with Crippen molar-refractivity contribution in [2.24, 2.45) is 4.99 Å². The highest BCUT2D eigenvalue weighted by atomic mass is 35.5. The Kier molecular flexibility index (Phi) is 14.6. The second kappa shape index (κ2) is 20.7. The van der Waals surface area contributed by atoms with E-state index in [-0.39, 0.29) is 54.6 Å². The quantitative estimate of drug-likeness (QED) is 0.102. The van der Waals surface area contributed by atoms with Gasteiger partial charge in [0.1, 0.15) is 28.7 Å². The normalized spacial score (nSPS) is 18.2. The second-order valence-electron chi connectivity index (χ2n) is 17.1. The van der Waals surface area contributed by atoms with E-state index in [0.29, 0.717) is 56.3 Å². The lowest BCUT2D eigenvalue weighted by molar-refractivity contribution is -0.136. The molecule has 2 aromatic heterocycles. The number of ether oxygens (including phenoxy) is 1. The van der Waals surface area contributed by atoms with Crippen molar-refractivity contribution in [2.75, 3.05) is 52.4 Å². The number of hydrogen-bond donors (Lipinski definition) is 3. The van der Waals surface area contributed by atoms with E-state index >= 15 is 0 Å². The van der Waals surface area contributed by atoms with Crippen LogP contribution >= 0.6 is 22.9 Å². The molecule has 2 aromatic carbocycles. The fraction of sp³-hybridized carbons (Fsp3) is 0.447. The number of piperazine rings is 1. The van der Waals surface area contributed by atoms with Gasteiger partial charge in [-0.1, -0.05) is 36.2 Å². The maximum atomic E-state index is 13.4. The molecule has 20 heteroatoms. The highest BCUT2D eigenvalue weighted by molar-refractivity contribution is 7.15. The zero-order valence-electron chi connectivity index (χ0n) is 37.7. The van der Waals surface area contributed by atoms with Gasteiger partial charge in [0.05, 0.1) is 23.3 Å². The van der Waals surface area contributed by atoms with Crippen molar-refractivity contribution in [3.63, 3.8) is 0 Å². The van der Waals surface area contributed by atoms with Crippen LogP contribution in [0.3, 0.4) is 0 Å². The first-order valence-corrected chi connectivity index (χ1v) is 23.9. The SMILES string of the molecule is Cc1sc2c(c1C)C(c1ccc(Cl)cc1)=N[C@@H](CC(=O)NCCCN1CCN(C(=O)CCCCCNC(=O)COc3cccc4c3C(=O)N(C3CCC(=O)NC3=O)C4=O)CC1)c1nnc(C)n1-2. The summed E-state index contributed by atoms with van der Waals surface area (Å²) in [7, 11) is 0. The Morgan fingerprint density at radius 2 is 1.61 bits per heavy atom. The molecule has 4 aromatic rings. The number of nitrogens with zero attached hydrogens (tertiary/aromatic N) is 7. The third kappa shape index (κ3) is 10.3. The first-order chi connectivity index (χ1) is 32.3. The fourth-order valence-corrected chi connectivity index (χ4v) is 10.2. The molecule has 7 amide bonds. The van der Waals surface area contributed by atoms with Gasteiger partial charge in [0.2, 0.25) is 23.6 Å². The molecule has 67 heavy (non-hydrogen) atoms. The summed E-state index contributed by atoms with van der Waals surface area (Å²) in [5.41, 5.74) is 3.91. The smallest absolute Gasteiger partial charge is 0.266 e. The van der Waals surface area contributed by atoms with Crippen molar-refractivity contribution < 1.29 is 38.3 Å². The highest BCUT2D eigenvalue weighted by Gasteiger charge is 2.46. The summed E-state index contributed by atoms with van der Waals surface area (Å²) in [6.45, 7) is 10.2. The Bertz CT molecular complexity index is 2640. The number of unbranched alkanes of at least 4 members (excludes halogenated alkanes) is 2. The van der Waals surface area contributed by atoms with Gasteiger partial charge in [-0.25, -0.2) is 0 Å². The number of piperidine rings is 1. The van der Waals surface area contributed by atoms with Crippen LogP contribution in [0.25, 0.3) is 5.00 Å². The minimum absolute atomic E-state index is 0.00671. The maximum absolute atomic E-state index is 13.4. The van der Waals surface area contributed by atoms with Crippen LogP contribution in [0.2, 0.25) is 5.02 Å². The lowest BCUT2D eigenvalue weighted by atomic mass is 9.99. The van der Waals surface area contributed by atoms with Crippen molar-refractivity contribution in [2.45, 2.75) is 84.2 Å². The second-order valence-corrected chi connectivity index (χ2v) is 18.7. The van der Waals surface area contributed by atoms with Crippen LogP contribution in [0.1, 0.15) is 111 Å². The zero-order valence-corrected chi connectivity index (χ0v) is 39.3. The van der Waals surface area contributed by atoms with Gasteiger partial charge in [-0.05, 0) is 82.8 Å². The van der Waals surface area contributed by atoms with Crippen LogP contribution in [0.4, 0.5) is 0 Å². The summed E-state index contributed by atoms with van der Waals surface area (Å²) in [5.74, 6) is -1.54. The van der Waals surface area contributed by atoms with Gasteiger partial charge in [0, 0.05) is 73.1 Å². The molecule has 2 atom stereocenters. The summed E-state index contributed by atoms with van der Waals surface area (Å²) in [4.78, 5) is 101. The molecule has 0 saturated carbocycles. The Morgan fingerprint density at radius 1 is 0.866 bits per heavy atom. The van der Waals surface area contributed by atoms with Crippen molar-refractivity contribution in [1.29, 1.82) is 0 Å². The number of carbonyl (C=O) groups excluding carboxylic acids is 7. The van der Waals surface area contributed by atoms with E-state index in [0.717, 1.165) is 70.6 Å². The van der Waals surface area contributed by atoms with E-state index in [2.05, 4.69) is 44.9 Å². The molecule has 0 spiro atoms. The summed E-state index contributed by atoms with van der Waals surface area (Å²) in [6, 6.07) is 10.4. The summed E-state index contributed by atoms with van der Waals surface area (Å²) in [5, 5.41) is 18.6. The summed E-state index contributed by atoms with van der Waals surface area (Å²) in [6.07, 6.45) is 3.42. The van der Waals surface area contributed by atoms with Crippen molar-refractivity contribution >= 4 is 70.0 Å². The van der Waals surface area contributed by atoms with Crippen molar-refractivity contribution in [3.05, 3.63) is 91.8 Å². The number of thiophene rings is 1. The number of benzene rings is 2. The summed E-state index contributed by atoms with van der Waals surface area (Å²) >= 11 is 7.91. The Morgan fingerprint density at radius 3 is 2.37 bits per heavy atom. The first kappa shape index (κ1) is 47.2. The molecule has 18 nitrogen and oxygen atoms in total. The predicted molar refractivity (Wildman–Crippen MR) is 249 cm³/mol. The third-order valence-electron chi connectivity index (χ3n) is 12.6. The van der Waals surface area contributed by atoms with Gasteiger partial charge in [0.25, 0.3) is 17.7 Å². The lowest BCUT2D eigenvalue weighted by Crippen LogP contribution is -2.54. The molecular formula is C47H53ClN10O8S. The molecule has 2 fully saturated rings. The number of halogens is 1. The maximum Gasteiger partial charge on any atom is 0.266 e. The van der Waals surface area contributed by atoms with Gasteiger partial charge < -0.3 is 20.3 Å². The molecule has 6 heterocycles. The zero-order chi connectivity index (χ0) is 47.4. The minimum Gasteiger partial charge on any atom is -0.483 e. The lowest BCUT2D eigenvalue weighted by Gasteiger charge is -2.34. The number of imide groups is 2. The number of hydrogen-bond acceptors (Lipinski definition) is 13. The van der Waals surface area contributed by atoms with Gasteiger partial charge in [-0.3, -0.25) is 58.2 Å². The van der Waals surface area contributed by atoms with E-state index in [9.17, 15) is 33.6 Å². The third-order valence-corrected chi connectivity index (χ3v) is 14.1. The number of carbonyl (C=O) groups is 7. The van der Waals surface area contributed by atoms with E-state index < -0.39 is 41.6 Å². The average molecular weight is 954 g/mol. The average Bonchev–Trinajstić information content (AvgIpc) is 3.89. The van der Waals surface area contributed by atoms with Crippen LogP contribution in [-0.2, 0) is 24.0 Å². The first-order valence-electron chi connectivity index (χ1n) is 22.7.